The number of para-hydroxylation sites is 4. The van der Waals surface area contributed by atoms with Gasteiger partial charge in [0.2, 0.25) is 0 Å². The van der Waals surface area contributed by atoms with Gasteiger partial charge in [0.25, 0.3) is 0 Å². The van der Waals surface area contributed by atoms with Crippen LogP contribution in [-0.2, 0) is 0 Å². The molecule has 2 aromatic carbocycles. The molecule has 0 spiro atoms. The molecule has 0 atom stereocenters. The maximum absolute atomic E-state index is 6.00. The van der Waals surface area contributed by atoms with Crippen LogP contribution in [0.1, 0.15) is 19.3 Å². The maximum Gasteiger partial charge on any atom is 0.0836 e. The molecule has 0 bridgehead atoms. The van der Waals surface area contributed by atoms with Crippen molar-refractivity contribution >= 4 is 22.7 Å². The molecule has 0 radical (unpaired) electrons. The fourth-order valence-corrected chi connectivity index (χ4v) is 3.93. The van der Waals surface area contributed by atoms with E-state index in [1.165, 1.54) is 19.5 Å². The van der Waals surface area contributed by atoms with Gasteiger partial charge in [-0.25, -0.2) is 0 Å². The number of nitrogens with one attached hydrogen (secondary N) is 2. The largest absolute Gasteiger partial charge is 0.397 e. The Labute approximate surface area is 189 Å². The quantitative estimate of drug-likeness (QED) is 0.210. The number of nitrogen functional groups attached to an aromatic ring is 2. The Hall–Kier alpha value is -2.44. The van der Waals surface area contributed by atoms with Gasteiger partial charge in [-0.2, -0.15) is 0 Å². The topological polar surface area (TPSA) is 76.1 Å². The summed E-state index contributed by atoms with van der Waals surface area (Å²) in [5.41, 5.74) is 15.7. The van der Waals surface area contributed by atoms with Crippen molar-refractivity contribution in [1.82, 2.24) is 0 Å². The monoisotopic (exact) mass is 428 g/mol. The molecule has 0 aliphatic heterocycles. The summed E-state index contributed by atoms with van der Waals surface area (Å²) in [7, 11) is 9.35. The molecular weight excluding hydrogens is 384 g/mol. The Morgan fingerprint density at radius 1 is 0.581 bits per heavy atom. The predicted molar refractivity (Wildman–Crippen MR) is 136 cm³/mol. The summed E-state index contributed by atoms with van der Waals surface area (Å²) in [5.74, 6) is 0. The van der Waals surface area contributed by atoms with Crippen LogP contribution in [0.15, 0.2) is 48.5 Å². The summed E-state index contributed by atoms with van der Waals surface area (Å²) < 4.78 is 2.11. The Morgan fingerprint density at radius 2 is 0.935 bits per heavy atom. The third-order valence-corrected chi connectivity index (χ3v) is 5.96. The van der Waals surface area contributed by atoms with Gasteiger partial charge in [0, 0.05) is 32.4 Å². The molecule has 0 aromatic heterocycles. The van der Waals surface area contributed by atoms with Crippen LogP contribution in [0, 0.1) is 0 Å². The van der Waals surface area contributed by atoms with Gasteiger partial charge in [0.1, 0.15) is 0 Å². The minimum atomic E-state index is 0.818. The maximum atomic E-state index is 6.00. The van der Waals surface area contributed by atoms with E-state index in [9.17, 15) is 0 Å². The summed E-state index contributed by atoms with van der Waals surface area (Å²) in [6.07, 6.45) is 3.50. The predicted octanol–water partition coefficient (Wildman–Crippen LogP) is 3.70. The number of benzene rings is 2. The lowest BCUT2D eigenvalue weighted by atomic mass is 10.2. The average Bonchev–Trinajstić information content (AvgIpc) is 2.71. The van der Waals surface area contributed by atoms with Gasteiger partial charge in [0.05, 0.1) is 77.1 Å². The van der Waals surface area contributed by atoms with E-state index in [4.69, 9.17) is 11.5 Å². The van der Waals surface area contributed by atoms with Crippen molar-refractivity contribution in [2.24, 2.45) is 0 Å². The van der Waals surface area contributed by atoms with Gasteiger partial charge in [-0.1, -0.05) is 24.3 Å². The highest BCUT2D eigenvalue weighted by molar-refractivity contribution is 5.66. The summed E-state index contributed by atoms with van der Waals surface area (Å²) in [6.45, 7) is 6.64. The summed E-state index contributed by atoms with van der Waals surface area (Å²) >= 11 is 0. The zero-order valence-corrected chi connectivity index (χ0v) is 20.0. The van der Waals surface area contributed by atoms with Crippen molar-refractivity contribution in [3.63, 3.8) is 0 Å². The van der Waals surface area contributed by atoms with Crippen molar-refractivity contribution in [1.29, 1.82) is 0 Å². The lowest BCUT2D eigenvalue weighted by Gasteiger charge is -2.34. The molecule has 0 amide bonds. The molecule has 6 N–H and O–H groups in total. The molecule has 0 aliphatic carbocycles. The van der Waals surface area contributed by atoms with Crippen LogP contribution in [0.2, 0.25) is 0 Å². The van der Waals surface area contributed by atoms with Crippen molar-refractivity contribution in [3.05, 3.63) is 48.5 Å². The molecule has 0 fully saturated rings. The first kappa shape index (κ1) is 24.8. The lowest BCUT2D eigenvalue weighted by Crippen LogP contribution is -2.46. The summed E-state index contributed by atoms with van der Waals surface area (Å²) in [5, 5.41) is 6.92. The molecule has 2 rings (SSSR count). The van der Waals surface area contributed by atoms with E-state index in [0.29, 0.717) is 0 Å². The number of quaternary nitrogens is 2. The Morgan fingerprint density at radius 3 is 1.32 bits per heavy atom. The highest BCUT2D eigenvalue weighted by Gasteiger charge is 2.19. The standard InChI is InChI=1S/C25H44N6/c1-30(2,18-9-16-28-24-14-7-5-12-22(24)26)20-11-21-31(3,4)19-10-17-29-25-15-8-6-13-23(25)27/h5-8,12-15,28-29H,9-11,16-21,26-27H2,1-4H3/q+2. The van der Waals surface area contributed by atoms with E-state index in [1.54, 1.807) is 0 Å². The van der Waals surface area contributed by atoms with E-state index >= 15 is 0 Å². The van der Waals surface area contributed by atoms with Gasteiger partial charge >= 0.3 is 0 Å². The smallest absolute Gasteiger partial charge is 0.0836 e. The van der Waals surface area contributed by atoms with Crippen LogP contribution >= 0.6 is 0 Å². The molecule has 6 heteroatoms. The Balaban J connectivity index is 1.59. The first-order chi connectivity index (χ1) is 14.7. The van der Waals surface area contributed by atoms with E-state index in [1.807, 2.05) is 48.5 Å². The molecule has 2 aromatic rings. The fraction of sp³-hybridized carbons (Fsp3) is 0.520. The number of nitrogens with zero attached hydrogens (tertiary/aromatic N) is 2. The number of hydrogen-bond donors (Lipinski definition) is 4. The zero-order valence-electron chi connectivity index (χ0n) is 20.0. The van der Waals surface area contributed by atoms with Crippen LogP contribution < -0.4 is 22.1 Å². The second-order valence-electron chi connectivity index (χ2n) is 9.85. The second kappa shape index (κ2) is 11.8. The lowest BCUT2D eigenvalue weighted by molar-refractivity contribution is -0.909. The molecular formula is C25H44N6+2. The van der Waals surface area contributed by atoms with Crippen LogP contribution in [0.3, 0.4) is 0 Å². The minimum absolute atomic E-state index is 0.818. The molecule has 172 valence electrons. The molecule has 0 heterocycles. The first-order valence-electron chi connectivity index (χ1n) is 11.5. The third kappa shape index (κ3) is 9.49. The van der Waals surface area contributed by atoms with E-state index in [0.717, 1.165) is 70.7 Å². The first-order valence-corrected chi connectivity index (χ1v) is 11.5. The SMILES string of the molecule is C[N+](C)(CCCNc1ccccc1N)CCC[N+](C)(C)CCCNc1ccccc1N. The van der Waals surface area contributed by atoms with Gasteiger partial charge in [-0.05, 0) is 24.3 Å². The Kier molecular flexibility index (Phi) is 9.46. The second-order valence-corrected chi connectivity index (χ2v) is 9.85. The third-order valence-electron chi connectivity index (χ3n) is 5.96. The molecule has 0 saturated heterocycles. The molecule has 0 unspecified atom stereocenters. The summed E-state index contributed by atoms with van der Waals surface area (Å²) in [4.78, 5) is 0. The minimum Gasteiger partial charge on any atom is -0.397 e. The molecule has 31 heavy (non-hydrogen) atoms. The molecule has 0 saturated carbocycles. The fourth-order valence-electron chi connectivity index (χ4n) is 3.93. The van der Waals surface area contributed by atoms with Gasteiger partial charge in [0.15, 0.2) is 0 Å². The van der Waals surface area contributed by atoms with Crippen molar-refractivity contribution in [3.8, 4) is 0 Å². The normalized spacial score (nSPS) is 12.0. The summed E-state index contributed by atoms with van der Waals surface area (Å²) in [6, 6.07) is 15.9. The van der Waals surface area contributed by atoms with Crippen LogP contribution in [0.4, 0.5) is 22.7 Å². The van der Waals surface area contributed by atoms with Crippen LogP contribution in [-0.4, -0.2) is 76.4 Å². The molecule has 0 aliphatic rings. The van der Waals surface area contributed by atoms with E-state index < -0.39 is 0 Å². The van der Waals surface area contributed by atoms with Crippen molar-refractivity contribution in [2.45, 2.75) is 19.3 Å². The van der Waals surface area contributed by atoms with Crippen LogP contribution in [0.25, 0.3) is 0 Å². The highest BCUT2D eigenvalue weighted by Crippen LogP contribution is 2.17. The highest BCUT2D eigenvalue weighted by atomic mass is 15.3. The van der Waals surface area contributed by atoms with E-state index in [2.05, 4.69) is 38.8 Å². The number of rotatable bonds is 14. The molecule has 6 nitrogen and oxygen atoms in total. The zero-order chi connectivity index (χ0) is 22.7. The Bertz CT molecular complexity index is 722. The van der Waals surface area contributed by atoms with E-state index in [-0.39, 0.29) is 0 Å². The van der Waals surface area contributed by atoms with Crippen molar-refractivity contribution < 1.29 is 8.97 Å². The van der Waals surface area contributed by atoms with Gasteiger partial charge in [-0.15, -0.1) is 0 Å². The number of hydrogen-bond acceptors (Lipinski definition) is 4. The van der Waals surface area contributed by atoms with Crippen molar-refractivity contribution in [2.75, 3.05) is 89.6 Å². The van der Waals surface area contributed by atoms with Gasteiger partial charge in [-0.3, -0.25) is 0 Å². The number of nitrogens with two attached hydrogens (primary N) is 2. The van der Waals surface area contributed by atoms with Gasteiger partial charge < -0.3 is 31.1 Å². The van der Waals surface area contributed by atoms with Crippen LogP contribution in [0.5, 0.6) is 0 Å². The average molecular weight is 429 g/mol. The number of anilines is 4.